The molecule has 3 saturated carbocycles. The van der Waals surface area contributed by atoms with Gasteiger partial charge in [0.15, 0.2) is 0 Å². The Balaban J connectivity index is 1.87. The molecule has 0 spiro atoms. The SMILES string of the molecule is CC(C)C1CC(C)(C)CC(C)(Cn2c(=O)n(CC3(C)CC(C(C)N)CC(C)(C)C3)c(=O)n(CC3(C)CC(C(C)P)CC(C)(C)C3)c2=O)C1. The van der Waals surface area contributed by atoms with Crippen LogP contribution in [0.5, 0.6) is 0 Å². The van der Waals surface area contributed by atoms with Gasteiger partial charge >= 0.3 is 17.1 Å². The Kier molecular flexibility index (Phi) is 11.1. The normalized spacial score (nSPS) is 36.1. The zero-order valence-corrected chi connectivity index (χ0v) is 34.3. The third-order valence-electron chi connectivity index (χ3n) is 12.9. The van der Waals surface area contributed by atoms with Crippen LogP contribution >= 0.6 is 9.24 Å². The highest BCUT2D eigenvalue weighted by atomic mass is 31.0. The Hall–Kier alpha value is -1.20. The van der Waals surface area contributed by atoms with Gasteiger partial charge in [0.05, 0.1) is 0 Å². The number of nitrogens with two attached hydrogens (primary N) is 1. The number of hydrogen-bond donors (Lipinski definition) is 1. The summed E-state index contributed by atoms with van der Waals surface area (Å²) >= 11 is 0. The van der Waals surface area contributed by atoms with Crippen LogP contribution in [0.25, 0.3) is 0 Å². The fraction of sp³-hybridized carbons (Fsp3) is 0.925. The fourth-order valence-electron chi connectivity index (χ4n) is 12.0. The topological polar surface area (TPSA) is 92.0 Å². The number of nitrogens with zero attached hydrogens (tertiary/aromatic N) is 3. The Morgan fingerprint density at radius 3 is 1.17 bits per heavy atom. The second kappa shape index (κ2) is 13.4. The van der Waals surface area contributed by atoms with Crippen LogP contribution in [-0.4, -0.2) is 25.4 Å². The van der Waals surface area contributed by atoms with Gasteiger partial charge in [-0.3, -0.25) is 0 Å². The molecule has 8 heteroatoms. The summed E-state index contributed by atoms with van der Waals surface area (Å²) in [5.74, 6) is 1.85. The molecule has 9 atom stereocenters. The maximum absolute atomic E-state index is 14.7. The van der Waals surface area contributed by atoms with Gasteiger partial charge in [-0.25, -0.2) is 28.1 Å². The first-order valence-corrected chi connectivity index (χ1v) is 19.8. The van der Waals surface area contributed by atoms with E-state index in [9.17, 15) is 14.4 Å². The molecule has 0 aromatic carbocycles. The predicted molar refractivity (Wildman–Crippen MR) is 205 cm³/mol. The molecule has 4 rings (SSSR count). The molecule has 1 aromatic rings. The summed E-state index contributed by atoms with van der Waals surface area (Å²) < 4.78 is 4.42. The summed E-state index contributed by atoms with van der Waals surface area (Å²) in [4.78, 5) is 44.0. The molecule has 0 bridgehead atoms. The van der Waals surface area contributed by atoms with Gasteiger partial charge in [-0.05, 0) is 127 Å². The van der Waals surface area contributed by atoms with Gasteiger partial charge < -0.3 is 5.73 Å². The van der Waals surface area contributed by atoms with Crippen LogP contribution in [0.3, 0.4) is 0 Å². The van der Waals surface area contributed by atoms with Gasteiger partial charge in [-0.15, -0.1) is 9.24 Å². The van der Waals surface area contributed by atoms with Crippen molar-refractivity contribution in [3.8, 4) is 0 Å². The quantitative estimate of drug-likeness (QED) is 0.267. The molecule has 3 aliphatic carbocycles. The molecule has 0 aliphatic heterocycles. The molecule has 0 saturated heterocycles. The van der Waals surface area contributed by atoms with Crippen LogP contribution in [0, 0.1) is 56.2 Å². The fourth-order valence-corrected chi connectivity index (χ4v) is 12.2. The van der Waals surface area contributed by atoms with E-state index in [1.54, 1.807) is 0 Å². The third-order valence-corrected chi connectivity index (χ3v) is 13.4. The van der Waals surface area contributed by atoms with Gasteiger partial charge in [-0.1, -0.05) is 83.1 Å². The molecule has 48 heavy (non-hydrogen) atoms. The highest BCUT2D eigenvalue weighted by Gasteiger charge is 2.46. The van der Waals surface area contributed by atoms with Gasteiger partial charge in [-0.2, -0.15) is 0 Å². The average molecular weight is 689 g/mol. The summed E-state index contributed by atoms with van der Waals surface area (Å²) in [7, 11) is 2.99. The lowest BCUT2D eigenvalue weighted by Gasteiger charge is -2.49. The van der Waals surface area contributed by atoms with Gasteiger partial charge in [0.1, 0.15) is 0 Å². The molecular formula is C40H73N4O3P. The molecule has 0 radical (unpaired) electrons. The summed E-state index contributed by atoms with van der Waals surface area (Å²) in [6, 6.07) is 0.0383. The minimum atomic E-state index is -0.433. The Bertz CT molecular complexity index is 1290. The van der Waals surface area contributed by atoms with Crippen molar-refractivity contribution in [1.29, 1.82) is 0 Å². The lowest BCUT2D eigenvalue weighted by atomic mass is 9.58. The molecule has 276 valence electrons. The first kappa shape index (κ1) is 39.6. The van der Waals surface area contributed by atoms with E-state index in [1.165, 1.54) is 13.7 Å². The van der Waals surface area contributed by atoms with E-state index >= 15 is 0 Å². The highest BCUT2D eigenvalue weighted by molar-refractivity contribution is 7.17. The van der Waals surface area contributed by atoms with Gasteiger partial charge in [0.25, 0.3) is 0 Å². The van der Waals surface area contributed by atoms with Crippen molar-refractivity contribution in [3.05, 3.63) is 31.5 Å². The van der Waals surface area contributed by atoms with Crippen LogP contribution < -0.4 is 22.8 Å². The smallest absolute Gasteiger partial charge is 0.328 e. The first-order valence-electron chi connectivity index (χ1n) is 19.1. The van der Waals surface area contributed by atoms with Crippen molar-refractivity contribution in [3.63, 3.8) is 0 Å². The molecule has 2 N–H and O–H groups in total. The van der Waals surface area contributed by atoms with E-state index in [4.69, 9.17) is 5.73 Å². The predicted octanol–water partition coefficient (Wildman–Crippen LogP) is 7.94. The minimum absolute atomic E-state index is 0.0383. The van der Waals surface area contributed by atoms with Crippen molar-refractivity contribution in [1.82, 2.24) is 13.7 Å². The van der Waals surface area contributed by atoms with Gasteiger partial charge in [0, 0.05) is 25.7 Å². The molecule has 3 fully saturated rings. The first-order chi connectivity index (χ1) is 21.7. The highest BCUT2D eigenvalue weighted by Crippen LogP contribution is 2.53. The maximum atomic E-state index is 14.7. The van der Waals surface area contributed by atoms with E-state index in [0.29, 0.717) is 49.0 Å². The summed E-state index contributed by atoms with van der Waals surface area (Å²) in [5.41, 5.74) is 5.15. The second-order valence-electron chi connectivity index (χ2n) is 21.5. The number of rotatable bonds is 9. The van der Waals surface area contributed by atoms with Crippen LogP contribution in [0.1, 0.15) is 148 Å². The van der Waals surface area contributed by atoms with Crippen molar-refractivity contribution in [2.24, 2.45) is 61.9 Å². The van der Waals surface area contributed by atoms with Crippen LogP contribution in [-0.2, 0) is 19.6 Å². The van der Waals surface area contributed by atoms with E-state index in [1.807, 2.05) is 0 Å². The maximum Gasteiger partial charge on any atom is 0.336 e. The van der Waals surface area contributed by atoms with Crippen molar-refractivity contribution in [2.75, 3.05) is 0 Å². The van der Waals surface area contributed by atoms with E-state index < -0.39 is 17.1 Å². The minimum Gasteiger partial charge on any atom is -0.328 e. The van der Waals surface area contributed by atoms with Crippen molar-refractivity contribution < 1.29 is 0 Å². The van der Waals surface area contributed by atoms with Crippen molar-refractivity contribution >= 4 is 9.24 Å². The average Bonchev–Trinajstić information content (AvgIpc) is 2.88. The summed E-state index contributed by atoms with van der Waals surface area (Å²) in [5, 5.41) is 0. The lowest BCUT2D eigenvalue weighted by Crippen LogP contribution is -2.59. The summed E-state index contributed by atoms with van der Waals surface area (Å²) in [6.07, 6.45) is 8.88. The molecule has 1 aromatic heterocycles. The zero-order chi connectivity index (χ0) is 36.4. The van der Waals surface area contributed by atoms with Crippen LogP contribution in [0.4, 0.5) is 0 Å². The van der Waals surface area contributed by atoms with Crippen LogP contribution in [0.15, 0.2) is 14.4 Å². The lowest BCUT2D eigenvalue weighted by molar-refractivity contribution is 0.0163. The molecule has 3 aliphatic rings. The Morgan fingerprint density at radius 1 is 0.562 bits per heavy atom. The Morgan fingerprint density at radius 2 is 0.854 bits per heavy atom. The number of aromatic nitrogens is 3. The van der Waals surface area contributed by atoms with E-state index in [2.05, 4.69) is 99.2 Å². The zero-order valence-electron chi connectivity index (χ0n) is 33.2. The van der Waals surface area contributed by atoms with E-state index in [0.717, 1.165) is 57.8 Å². The Labute approximate surface area is 294 Å². The van der Waals surface area contributed by atoms with Gasteiger partial charge in [0.2, 0.25) is 0 Å². The molecule has 7 nitrogen and oxygen atoms in total. The second-order valence-corrected chi connectivity index (χ2v) is 22.6. The van der Waals surface area contributed by atoms with E-state index in [-0.39, 0.29) is 38.5 Å². The van der Waals surface area contributed by atoms with Crippen LogP contribution in [0.2, 0.25) is 0 Å². The molecule has 9 unspecified atom stereocenters. The summed E-state index contributed by atoms with van der Waals surface area (Å²) in [6.45, 7) is 30.5. The molecule has 0 amide bonds. The number of hydrogen-bond acceptors (Lipinski definition) is 4. The molecular weight excluding hydrogens is 615 g/mol. The third kappa shape index (κ3) is 8.99. The molecule has 1 heterocycles. The van der Waals surface area contributed by atoms with Crippen molar-refractivity contribution in [2.45, 2.75) is 179 Å². The monoisotopic (exact) mass is 689 g/mol. The standard InChI is InChI=1S/C40H73N4O3P/c1-26(2)29-14-35(5,6)20-38(11,17-29)23-42-32(45)43(24-39(12)18-30(27(3)41)15-36(7,8)21-39)34(47)44(33(42)46)25-40(13)19-31(28(4)48)16-37(9,10)22-40/h26-31H,14-25,41,48H2,1-13H3. The largest absolute Gasteiger partial charge is 0.336 e.